The first-order valence-electron chi connectivity index (χ1n) is 5.16. The number of ether oxygens (including phenoxy) is 1. The molecule has 0 atom stereocenters. The van der Waals surface area contributed by atoms with Crippen molar-refractivity contribution >= 4 is 23.4 Å². The van der Waals surface area contributed by atoms with E-state index in [1.807, 2.05) is 38.1 Å². The summed E-state index contributed by atoms with van der Waals surface area (Å²) in [6.45, 7) is 4.00. The fraction of sp³-hybridized carbons (Fsp3) is 0.417. The van der Waals surface area contributed by atoms with Gasteiger partial charge in [0, 0.05) is 12.9 Å². The minimum atomic E-state index is -0.400. The molecule has 0 aromatic heterocycles. The molecule has 90 valence electrons. The average Bonchev–Trinajstić information content (AvgIpc) is 2.39. The van der Waals surface area contributed by atoms with Gasteiger partial charge in [-0.2, -0.15) is 0 Å². The van der Waals surface area contributed by atoms with Crippen LogP contribution in [0.15, 0.2) is 24.3 Å². The number of benzene rings is 1. The zero-order valence-corrected chi connectivity index (χ0v) is 10.9. The summed E-state index contributed by atoms with van der Waals surface area (Å²) in [6.07, 6.45) is -0.400. The minimum absolute atomic E-state index is 0.373. The molecular formula is C12H18ClNO2. The standard InChI is InChI=1S/C10H12ClNO2.C2H6/c1-12(10(13)14-2)9-6-4-3-5-8(9)7-11;1-2/h3-6H,7H2,1-2H3;1-2H3. The van der Waals surface area contributed by atoms with Gasteiger partial charge >= 0.3 is 6.09 Å². The van der Waals surface area contributed by atoms with Crippen molar-refractivity contribution in [2.45, 2.75) is 19.7 Å². The van der Waals surface area contributed by atoms with Crippen LogP contribution in [0.25, 0.3) is 0 Å². The predicted molar refractivity (Wildman–Crippen MR) is 68.2 cm³/mol. The van der Waals surface area contributed by atoms with E-state index in [9.17, 15) is 4.79 Å². The van der Waals surface area contributed by atoms with Crippen LogP contribution in [-0.2, 0) is 10.6 Å². The van der Waals surface area contributed by atoms with Gasteiger partial charge in [0.2, 0.25) is 0 Å². The molecule has 0 unspecified atom stereocenters. The lowest BCUT2D eigenvalue weighted by molar-refractivity contribution is 0.180. The van der Waals surface area contributed by atoms with Crippen LogP contribution in [0.4, 0.5) is 10.5 Å². The Kier molecular flexibility index (Phi) is 7.38. The van der Waals surface area contributed by atoms with E-state index in [2.05, 4.69) is 4.74 Å². The summed E-state index contributed by atoms with van der Waals surface area (Å²) >= 11 is 5.75. The molecule has 0 aliphatic rings. The molecule has 1 aromatic rings. The van der Waals surface area contributed by atoms with Crippen LogP contribution < -0.4 is 4.90 Å². The van der Waals surface area contributed by atoms with Crippen LogP contribution in [0, 0.1) is 0 Å². The fourth-order valence-corrected chi connectivity index (χ4v) is 1.41. The summed E-state index contributed by atoms with van der Waals surface area (Å²) in [7, 11) is 3.00. The number of alkyl halides is 1. The molecule has 0 saturated carbocycles. The smallest absolute Gasteiger partial charge is 0.413 e. The number of nitrogens with zero attached hydrogens (tertiary/aromatic N) is 1. The van der Waals surface area contributed by atoms with Crippen molar-refractivity contribution in [3.63, 3.8) is 0 Å². The number of hydrogen-bond donors (Lipinski definition) is 0. The third kappa shape index (κ3) is 3.74. The summed E-state index contributed by atoms with van der Waals surface area (Å²) in [4.78, 5) is 12.7. The second-order valence-corrected chi connectivity index (χ2v) is 3.06. The van der Waals surface area contributed by atoms with Gasteiger partial charge < -0.3 is 4.74 Å². The number of amides is 1. The van der Waals surface area contributed by atoms with Crippen molar-refractivity contribution < 1.29 is 9.53 Å². The molecular weight excluding hydrogens is 226 g/mol. The number of hydrogen-bond acceptors (Lipinski definition) is 2. The van der Waals surface area contributed by atoms with Gasteiger partial charge in [-0.05, 0) is 11.6 Å². The van der Waals surface area contributed by atoms with Crippen molar-refractivity contribution in [2.24, 2.45) is 0 Å². The van der Waals surface area contributed by atoms with Crippen LogP contribution in [0.3, 0.4) is 0 Å². The Morgan fingerprint density at radius 2 is 1.94 bits per heavy atom. The zero-order chi connectivity index (χ0) is 12.6. The first kappa shape index (κ1) is 14.8. The van der Waals surface area contributed by atoms with Crippen LogP contribution in [-0.4, -0.2) is 20.3 Å². The second-order valence-electron chi connectivity index (χ2n) is 2.79. The molecule has 4 heteroatoms. The molecule has 0 fully saturated rings. The quantitative estimate of drug-likeness (QED) is 0.742. The highest BCUT2D eigenvalue weighted by Crippen LogP contribution is 2.21. The monoisotopic (exact) mass is 243 g/mol. The van der Waals surface area contributed by atoms with E-state index >= 15 is 0 Å². The van der Waals surface area contributed by atoms with Gasteiger partial charge in [-0.15, -0.1) is 11.6 Å². The maximum atomic E-state index is 11.2. The number of carbonyl (C=O) groups is 1. The summed E-state index contributed by atoms with van der Waals surface area (Å²) in [5.74, 6) is 0.373. The molecule has 0 aliphatic carbocycles. The van der Waals surface area contributed by atoms with Gasteiger partial charge in [0.15, 0.2) is 0 Å². The number of carbonyl (C=O) groups excluding carboxylic acids is 1. The molecule has 1 aromatic carbocycles. The third-order valence-corrected chi connectivity index (χ3v) is 2.23. The first-order valence-corrected chi connectivity index (χ1v) is 5.69. The molecule has 0 heterocycles. The van der Waals surface area contributed by atoms with Crippen molar-refractivity contribution in [1.82, 2.24) is 0 Å². The average molecular weight is 244 g/mol. The molecule has 0 radical (unpaired) electrons. The molecule has 0 aliphatic heterocycles. The van der Waals surface area contributed by atoms with E-state index in [0.717, 1.165) is 11.3 Å². The normalized spacial score (nSPS) is 8.81. The van der Waals surface area contributed by atoms with Crippen molar-refractivity contribution in [1.29, 1.82) is 0 Å². The van der Waals surface area contributed by atoms with E-state index in [-0.39, 0.29) is 0 Å². The molecule has 3 nitrogen and oxygen atoms in total. The van der Waals surface area contributed by atoms with E-state index in [0.29, 0.717) is 5.88 Å². The summed E-state index contributed by atoms with van der Waals surface area (Å²) in [5, 5.41) is 0. The predicted octanol–water partition coefficient (Wildman–Crippen LogP) is 3.65. The summed E-state index contributed by atoms with van der Waals surface area (Å²) in [5.41, 5.74) is 1.68. The molecule has 16 heavy (non-hydrogen) atoms. The van der Waals surface area contributed by atoms with E-state index in [1.54, 1.807) is 7.05 Å². The van der Waals surface area contributed by atoms with Crippen molar-refractivity contribution in [3.8, 4) is 0 Å². The lowest BCUT2D eigenvalue weighted by Gasteiger charge is -2.18. The Balaban J connectivity index is 0.00000106. The molecule has 1 amide bonds. The van der Waals surface area contributed by atoms with Crippen LogP contribution >= 0.6 is 11.6 Å². The molecule has 0 saturated heterocycles. The van der Waals surface area contributed by atoms with Crippen LogP contribution in [0.5, 0.6) is 0 Å². The van der Waals surface area contributed by atoms with Gasteiger partial charge in [0.25, 0.3) is 0 Å². The zero-order valence-electron chi connectivity index (χ0n) is 10.2. The van der Waals surface area contributed by atoms with Gasteiger partial charge in [-0.1, -0.05) is 32.0 Å². The summed E-state index contributed by atoms with van der Waals surface area (Å²) in [6, 6.07) is 7.44. The molecule has 1 rings (SSSR count). The molecule has 0 spiro atoms. The molecule has 0 bridgehead atoms. The van der Waals surface area contributed by atoms with Gasteiger partial charge in [-0.25, -0.2) is 4.79 Å². The van der Waals surface area contributed by atoms with E-state index < -0.39 is 6.09 Å². The second kappa shape index (κ2) is 7.99. The fourth-order valence-electron chi connectivity index (χ4n) is 1.19. The number of halogens is 1. The van der Waals surface area contributed by atoms with Crippen LogP contribution in [0.1, 0.15) is 19.4 Å². The number of rotatable bonds is 2. The highest BCUT2D eigenvalue weighted by molar-refractivity contribution is 6.17. The molecule has 0 N–H and O–H groups in total. The topological polar surface area (TPSA) is 29.5 Å². The Hall–Kier alpha value is -1.22. The number of methoxy groups -OCH3 is 1. The SMILES string of the molecule is CC.COC(=O)N(C)c1ccccc1CCl. The van der Waals surface area contributed by atoms with E-state index in [1.165, 1.54) is 12.0 Å². The summed E-state index contributed by atoms with van der Waals surface area (Å²) < 4.78 is 4.61. The minimum Gasteiger partial charge on any atom is -0.452 e. The Morgan fingerprint density at radius 3 is 2.44 bits per heavy atom. The van der Waals surface area contributed by atoms with Crippen molar-refractivity contribution in [2.75, 3.05) is 19.1 Å². The lowest BCUT2D eigenvalue weighted by atomic mass is 10.2. The highest BCUT2D eigenvalue weighted by atomic mass is 35.5. The maximum Gasteiger partial charge on any atom is 0.413 e. The van der Waals surface area contributed by atoms with Gasteiger partial charge in [0.1, 0.15) is 0 Å². The van der Waals surface area contributed by atoms with Gasteiger partial charge in [0.05, 0.1) is 12.8 Å². The Morgan fingerprint density at radius 1 is 1.38 bits per heavy atom. The lowest BCUT2D eigenvalue weighted by Crippen LogP contribution is -2.26. The Bertz CT molecular complexity index is 329. The van der Waals surface area contributed by atoms with Crippen LogP contribution in [0.2, 0.25) is 0 Å². The highest BCUT2D eigenvalue weighted by Gasteiger charge is 2.13. The van der Waals surface area contributed by atoms with E-state index in [4.69, 9.17) is 11.6 Å². The number of anilines is 1. The largest absolute Gasteiger partial charge is 0.452 e. The van der Waals surface area contributed by atoms with Gasteiger partial charge in [-0.3, -0.25) is 4.90 Å². The Labute approximate surface area is 102 Å². The first-order chi connectivity index (χ1) is 7.70. The number of para-hydroxylation sites is 1. The van der Waals surface area contributed by atoms with Crippen molar-refractivity contribution in [3.05, 3.63) is 29.8 Å². The third-order valence-electron chi connectivity index (χ3n) is 1.95. The maximum absolute atomic E-state index is 11.2.